The van der Waals surface area contributed by atoms with E-state index in [-0.39, 0.29) is 0 Å². The molecule has 1 heterocycles. The van der Waals surface area contributed by atoms with Crippen LogP contribution in [-0.4, -0.2) is 36.1 Å². The van der Waals surface area contributed by atoms with Crippen LogP contribution >= 0.6 is 0 Å². The van der Waals surface area contributed by atoms with Gasteiger partial charge in [0, 0.05) is 31.2 Å². The Morgan fingerprint density at radius 2 is 1.85 bits per heavy atom. The van der Waals surface area contributed by atoms with Crippen LogP contribution in [0, 0.1) is 0 Å². The van der Waals surface area contributed by atoms with Gasteiger partial charge in [-0.2, -0.15) is 0 Å². The summed E-state index contributed by atoms with van der Waals surface area (Å²) in [5, 5.41) is 3.54. The molecule has 2 aliphatic rings. The Balaban J connectivity index is 1.94. The van der Waals surface area contributed by atoms with Crippen molar-refractivity contribution in [1.29, 1.82) is 0 Å². The van der Waals surface area contributed by atoms with Crippen LogP contribution in [-0.2, 0) is 0 Å². The van der Waals surface area contributed by atoms with E-state index in [9.17, 15) is 0 Å². The van der Waals surface area contributed by atoms with Crippen molar-refractivity contribution in [2.75, 3.05) is 13.1 Å². The van der Waals surface area contributed by atoms with Gasteiger partial charge in [-0.3, -0.25) is 4.90 Å². The summed E-state index contributed by atoms with van der Waals surface area (Å²) < 4.78 is 0. The normalized spacial score (nSPS) is 38.3. The Morgan fingerprint density at radius 3 is 2.54 bits per heavy atom. The quantitative estimate of drug-likeness (QED) is 0.663. The van der Waals surface area contributed by atoms with E-state index in [0.717, 1.165) is 12.1 Å². The fraction of sp³-hybridized carbons (Fsp3) is 1.00. The summed E-state index contributed by atoms with van der Waals surface area (Å²) in [6.45, 7) is 7.09. The van der Waals surface area contributed by atoms with Crippen molar-refractivity contribution in [3.05, 3.63) is 0 Å². The highest BCUT2D eigenvalue weighted by atomic mass is 15.2. The molecule has 0 amide bonds. The average molecular weight is 182 g/mol. The van der Waals surface area contributed by atoms with Crippen LogP contribution in [0.4, 0.5) is 0 Å². The van der Waals surface area contributed by atoms with Gasteiger partial charge in [-0.05, 0) is 26.7 Å². The maximum absolute atomic E-state index is 3.54. The summed E-state index contributed by atoms with van der Waals surface area (Å²) in [4.78, 5) is 2.73. The number of piperazine rings is 1. The van der Waals surface area contributed by atoms with Crippen LogP contribution in [0.2, 0.25) is 0 Å². The van der Waals surface area contributed by atoms with Crippen LogP contribution < -0.4 is 5.32 Å². The standard InChI is InChI=1S/C11H22N2/c1-9-8-13(10(2)7-12-9)11-5-3-4-6-11/h9-12H,3-8H2,1-2H3. The summed E-state index contributed by atoms with van der Waals surface area (Å²) >= 11 is 0. The first-order chi connectivity index (χ1) is 6.27. The first-order valence-corrected chi connectivity index (χ1v) is 5.76. The van der Waals surface area contributed by atoms with Gasteiger partial charge < -0.3 is 5.32 Å². The molecule has 76 valence electrons. The van der Waals surface area contributed by atoms with Gasteiger partial charge in [0.25, 0.3) is 0 Å². The van der Waals surface area contributed by atoms with E-state index >= 15 is 0 Å². The summed E-state index contributed by atoms with van der Waals surface area (Å²) in [5.41, 5.74) is 0. The Hall–Kier alpha value is -0.0800. The maximum atomic E-state index is 3.54. The molecule has 1 aliphatic heterocycles. The average Bonchev–Trinajstić information content (AvgIpc) is 2.61. The lowest BCUT2D eigenvalue weighted by Gasteiger charge is -2.41. The van der Waals surface area contributed by atoms with Crippen molar-refractivity contribution in [2.45, 2.75) is 57.7 Å². The van der Waals surface area contributed by atoms with E-state index in [0.29, 0.717) is 6.04 Å². The fourth-order valence-corrected chi connectivity index (χ4v) is 2.79. The van der Waals surface area contributed by atoms with Crippen LogP contribution in [0.25, 0.3) is 0 Å². The molecule has 1 saturated carbocycles. The highest BCUT2D eigenvalue weighted by Crippen LogP contribution is 2.26. The van der Waals surface area contributed by atoms with Gasteiger partial charge in [0.05, 0.1) is 0 Å². The maximum Gasteiger partial charge on any atom is 0.0196 e. The summed E-state index contributed by atoms with van der Waals surface area (Å²) in [6.07, 6.45) is 5.79. The molecule has 2 fully saturated rings. The van der Waals surface area contributed by atoms with Crippen LogP contribution in [0.3, 0.4) is 0 Å². The van der Waals surface area contributed by atoms with Crippen molar-refractivity contribution in [3.63, 3.8) is 0 Å². The number of nitrogens with zero attached hydrogens (tertiary/aromatic N) is 1. The third-order valence-electron chi connectivity index (χ3n) is 3.61. The van der Waals surface area contributed by atoms with E-state index in [4.69, 9.17) is 0 Å². The van der Waals surface area contributed by atoms with Gasteiger partial charge in [0.1, 0.15) is 0 Å². The van der Waals surface area contributed by atoms with E-state index in [1.54, 1.807) is 0 Å². The van der Waals surface area contributed by atoms with Gasteiger partial charge in [-0.15, -0.1) is 0 Å². The van der Waals surface area contributed by atoms with Crippen molar-refractivity contribution >= 4 is 0 Å². The van der Waals surface area contributed by atoms with Gasteiger partial charge in [-0.25, -0.2) is 0 Å². The molecule has 13 heavy (non-hydrogen) atoms. The van der Waals surface area contributed by atoms with E-state index < -0.39 is 0 Å². The molecule has 0 bridgehead atoms. The molecule has 1 aliphatic carbocycles. The first kappa shape index (κ1) is 9.47. The molecule has 2 atom stereocenters. The second kappa shape index (κ2) is 3.97. The highest BCUT2D eigenvalue weighted by Gasteiger charge is 2.30. The predicted molar refractivity (Wildman–Crippen MR) is 55.9 cm³/mol. The number of hydrogen-bond donors (Lipinski definition) is 1. The Labute approximate surface area is 81.7 Å². The highest BCUT2D eigenvalue weighted by molar-refractivity contribution is 4.88. The van der Waals surface area contributed by atoms with E-state index in [2.05, 4.69) is 24.1 Å². The SMILES string of the molecule is CC1CN(C2CCCC2)C(C)CN1. The minimum atomic E-state index is 0.691. The molecular formula is C11H22N2. The minimum Gasteiger partial charge on any atom is -0.311 e. The van der Waals surface area contributed by atoms with Gasteiger partial charge in [-0.1, -0.05) is 12.8 Å². The third-order valence-corrected chi connectivity index (χ3v) is 3.61. The lowest BCUT2D eigenvalue weighted by molar-refractivity contribution is 0.0976. The Bertz CT molecular complexity index is 163. The number of hydrogen-bond acceptors (Lipinski definition) is 2. The molecular weight excluding hydrogens is 160 g/mol. The minimum absolute atomic E-state index is 0.691. The lowest BCUT2D eigenvalue weighted by atomic mass is 10.1. The summed E-state index contributed by atoms with van der Waals surface area (Å²) in [6, 6.07) is 2.34. The van der Waals surface area contributed by atoms with Crippen molar-refractivity contribution in [2.24, 2.45) is 0 Å². The van der Waals surface area contributed by atoms with Crippen LogP contribution in [0.5, 0.6) is 0 Å². The van der Waals surface area contributed by atoms with Gasteiger partial charge in [0.15, 0.2) is 0 Å². The van der Waals surface area contributed by atoms with Gasteiger partial charge >= 0.3 is 0 Å². The number of rotatable bonds is 1. The smallest absolute Gasteiger partial charge is 0.0196 e. The molecule has 2 nitrogen and oxygen atoms in total. The molecule has 0 aromatic heterocycles. The number of nitrogens with one attached hydrogen (secondary N) is 1. The zero-order valence-corrected chi connectivity index (χ0v) is 8.92. The molecule has 2 unspecified atom stereocenters. The van der Waals surface area contributed by atoms with E-state index in [1.807, 2.05) is 0 Å². The fourth-order valence-electron chi connectivity index (χ4n) is 2.79. The molecule has 0 aromatic carbocycles. The van der Waals surface area contributed by atoms with Crippen molar-refractivity contribution in [3.8, 4) is 0 Å². The summed E-state index contributed by atoms with van der Waals surface area (Å²) in [5.74, 6) is 0. The topological polar surface area (TPSA) is 15.3 Å². The van der Waals surface area contributed by atoms with Crippen molar-refractivity contribution in [1.82, 2.24) is 10.2 Å². The van der Waals surface area contributed by atoms with Gasteiger partial charge in [0.2, 0.25) is 0 Å². The van der Waals surface area contributed by atoms with Crippen molar-refractivity contribution < 1.29 is 0 Å². The Kier molecular flexibility index (Phi) is 2.89. The van der Waals surface area contributed by atoms with Crippen LogP contribution in [0.15, 0.2) is 0 Å². The zero-order valence-electron chi connectivity index (χ0n) is 8.92. The summed E-state index contributed by atoms with van der Waals surface area (Å²) in [7, 11) is 0. The molecule has 1 saturated heterocycles. The molecule has 0 spiro atoms. The molecule has 0 radical (unpaired) electrons. The monoisotopic (exact) mass is 182 g/mol. The second-order valence-corrected chi connectivity index (χ2v) is 4.79. The molecule has 0 aromatic rings. The third kappa shape index (κ3) is 2.05. The molecule has 2 rings (SSSR count). The Morgan fingerprint density at radius 1 is 1.15 bits per heavy atom. The second-order valence-electron chi connectivity index (χ2n) is 4.79. The predicted octanol–water partition coefficient (Wildman–Crippen LogP) is 1.61. The molecule has 2 heteroatoms. The molecule has 1 N–H and O–H groups in total. The first-order valence-electron chi connectivity index (χ1n) is 5.76. The van der Waals surface area contributed by atoms with E-state index in [1.165, 1.54) is 38.8 Å². The zero-order chi connectivity index (χ0) is 9.26. The largest absolute Gasteiger partial charge is 0.311 e. The van der Waals surface area contributed by atoms with Crippen LogP contribution in [0.1, 0.15) is 39.5 Å². The lowest BCUT2D eigenvalue weighted by Crippen LogP contribution is -2.57.